The highest BCUT2D eigenvalue weighted by Crippen LogP contribution is 2.36. The van der Waals surface area contributed by atoms with Crippen molar-refractivity contribution in [2.45, 2.75) is 38.8 Å². The normalized spacial score (nSPS) is 16.0. The molecule has 0 saturated carbocycles. The highest BCUT2D eigenvalue weighted by atomic mass is 79.9. The monoisotopic (exact) mass is 485 g/mol. The van der Waals surface area contributed by atoms with Crippen molar-refractivity contribution in [2.75, 3.05) is 13.7 Å². The van der Waals surface area contributed by atoms with Gasteiger partial charge in [-0.15, -0.1) is 0 Å². The minimum absolute atomic E-state index is 0.0869. The van der Waals surface area contributed by atoms with Gasteiger partial charge in [0.2, 0.25) is 17.6 Å². The Hall–Kier alpha value is -2.87. The first-order valence-electron chi connectivity index (χ1n) is 10.3. The number of ether oxygens (including phenoxy) is 2. The summed E-state index contributed by atoms with van der Waals surface area (Å²) in [5, 5.41) is 4.15. The minimum atomic E-state index is -0.234. The Morgan fingerprint density at radius 3 is 2.87 bits per heavy atom. The van der Waals surface area contributed by atoms with Crippen molar-refractivity contribution in [1.29, 1.82) is 0 Å². The molecule has 0 N–H and O–H groups in total. The van der Waals surface area contributed by atoms with Crippen LogP contribution in [0.25, 0.3) is 11.4 Å². The van der Waals surface area contributed by atoms with Crippen LogP contribution in [0.15, 0.2) is 51.5 Å². The molecule has 7 nitrogen and oxygen atoms in total. The molecule has 1 amide bonds. The van der Waals surface area contributed by atoms with Crippen LogP contribution >= 0.6 is 15.9 Å². The number of nitrogens with zero attached hydrogens (tertiary/aromatic N) is 3. The maximum absolute atomic E-state index is 12.5. The van der Waals surface area contributed by atoms with Crippen molar-refractivity contribution in [3.05, 3.63) is 58.4 Å². The molecule has 2 heterocycles. The molecule has 1 fully saturated rings. The fourth-order valence-electron chi connectivity index (χ4n) is 3.65. The summed E-state index contributed by atoms with van der Waals surface area (Å²) >= 11 is 3.48. The number of carbonyl (C=O) groups excluding carboxylic acids is 1. The predicted octanol–water partition coefficient (Wildman–Crippen LogP) is 5.16. The molecular formula is C23H24BrN3O4. The zero-order valence-electron chi connectivity index (χ0n) is 17.5. The standard InChI is InChI=1S/C23H24BrN3O4/c1-3-11-30-19-9-7-16(13-20(19)29-2)22-25-23(31-26-22)18-8-10-21(28)27(18)14-15-5-4-6-17(24)12-15/h4-7,9,12-13,18H,3,8,10-11,14H2,1-2H3. The van der Waals surface area contributed by atoms with Gasteiger partial charge in [0.05, 0.1) is 13.7 Å². The summed E-state index contributed by atoms with van der Waals surface area (Å²) in [4.78, 5) is 18.9. The second kappa shape index (κ2) is 9.51. The van der Waals surface area contributed by atoms with Gasteiger partial charge in [0.15, 0.2) is 11.5 Å². The zero-order chi connectivity index (χ0) is 21.8. The van der Waals surface area contributed by atoms with Crippen LogP contribution in [0.2, 0.25) is 0 Å². The van der Waals surface area contributed by atoms with Gasteiger partial charge in [-0.2, -0.15) is 4.98 Å². The minimum Gasteiger partial charge on any atom is -0.493 e. The number of amides is 1. The van der Waals surface area contributed by atoms with Crippen molar-refractivity contribution in [2.24, 2.45) is 0 Å². The van der Waals surface area contributed by atoms with Crippen LogP contribution in [0, 0.1) is 0 Å². The third-order valence-corrected chi connectivity index (χ3v) is 5.67. The Morgan fingerprint density at radius 1 is 1.23 bits per heavy atom. The Bertz CT molecular complexity index is 1070. The highest BCUT2D eigenvalue weighted by Gasteiger charge is 2.36. The lowest BCUT2D eigenvalue weighted by molar-refractivity contribution is -0.129. The number of halogens is 1. The maximum Gasteiger partial charge on any atom is 0.249 e. The molecule has 8 heteroatoms. The van der Waals surface area contributed by atoms with E-state index in [-0.39, 0.29) is 11.9 Å². The molecule has 1 aliphatic heterocycles. The summed E-state index contributed by atoms with van der Waals surface area (Å²) in [6.45, 7) is 3.17. The van der Waals surface area contributed by atoms with Crippen molar-refractivity contribution < 1.29 is 18.8 Å². The number of rotatable bonds is 8. The van der Waals surface area contributed by atoms with E-state index in [0.717, 1.165) is 22.0 Å². The average molecular weight is 486 g/mol. The molecule has 4 rings (SSSR count). The molecule has 0 aliphatic carbocycles. The molecule has 1 unspecified atom stereocenters. The Balaban J connectivity index is 1.55. The van der Waals surface area contributed by atoms with Crippen LogP contribution in [0.1, 0.15) is 43.7 Å². The molecule has 2 aromatic carbocycles. The van der Waals surface area contributed by atoms with E-state index in [1.54, 1.807) is 12.0 Å². The van der Waals surface area contributed by atoms with E-state index in [4.69, 9.17) is 14.0 Å². The van der Waals surface area contributed by atoms with Crippen LogP contribution < -0.4 is 9.47 Å². The van der Waals surface area contributed by atoms with Crippen molar-refractivity contribution >= 4 is 21.8 Å². The summed E-state index contributed by atoms with van der Waals surface area (Å²) in [5.74, 6) is 2.28. The number of methoxy groups -OCH3 is 1. The van der Waals surface area contributed by atoms with E-state index in [1.165, 1.54) is 0 Å². The lowest BCUT2D eigenvalue weighted by atomic mass is 10.1. The number of benzene rings is 2. The summed E-state index contributed by atoms with van der Waals surface area (Å²) < 4.78 is 17.7. The SMILES string of the molecule is CCCOc1ccc(-c2noc(C3CCC(=O)N3Cc3cccc(Br)c3)n2)cc1OC. The smallest absolute Gasteiger partial charge is 0.249 e. The second-order valence-corrected chi connectivity index (χ2v) is 8.29. The summed E-state index contributed by atoms with van der Waals surface area (Å²) in [6.07, 6.45) is 2.03. The van der Waals surface area contributed by atoms with Crippen LogP contribution in [-0.2, 0) is 11.3 Å². The third kappa shape index (κ3) is 4.74. The topological polar surface area (TPSA) is 77.7 Å². The number of likely N-dealkylation sites (tertiary alicyclic amines) is 1. The summed E-state index contributed by atoms with van der Waals surface area (Å²) in [7, 11) is 1.60. The molecule has 1 saturated heterocycles. The van der Waals surface area contributed by atoms with E-state index >= 15 is 0 Å². The molecule has 162 valence electrons. The van der Waals surface area contributed by atoms with Gasteiger partial charge in [-0.1, -0.05) is 40.1 Å². The summed E-state index contributed by atoms with van der Waals surface area (Å²) in [6, 6.07) is 13.3. The largest absolute Gasteiger partial charge is 0.493 e. The Morgan fingerprint density at radius 2 is 2.10 bits per heavy atom. The quantitative estimate of drug-likeness (QED) is 0.438. The molecule has 1 aromatic heterocycles. The van der Waals surface area contributed by atoms with Crippen LogP contribution in [0.4, 0.5) is 0 Å². The Kier molecular flexibility index (Phi) is 6.56. The van der Waals surface area contributed by atoms with Crippen molar-refractivity contribution in [1.82, 2.24) is 15.0 Å². The molecule has 0 spiro atoms. The highest BCUT2D eigenvalue weighted by molar-refractivity contribution is 9.10. The molecule has 0 bridgehead atoms. The number of aromatic nitrogens is 2. The fraction of sp³-hybridized carbons (Fsp3) is 0.348. The first-order chi connectivity index (χ1) is 15.1. The van der Waals surface area contributed by atoms with Gasteiger partial charge in [-0.3, -0.25) is 4.79 Å². The van der Waals surface area contributed by atoms with Gasteiger partial charge in [0.1, 0.15) is 6.04 Å². The van der Waals surface area contributed by atoms with E-state index in [2.05, 4.69) is 33.0 Å². The van der Waals surface area contributed by atoms with Gasteiger partial charge < -0.3 is 18.9 Å². The van der Waals surface area contributed by atoms with Crippen LogP contribution in [0.3, 0.4) is 0 Å². The zero-order valence-corrected chi connectivity index (χ0v) is 19.1. The van der Waals surface area contributed by atoms with E-state index < -0.39 is 0 Å². The molecule has 3 aromatic rings. The van der Waals surface area contributed by atoms with Crippen molar-refractivity contribution in [3.8, 4) is 22.9 Å². The number of hydrogen-bond donors (Lipinski definition) is 0. The Labute approximate surface area is 189 Å². The van der Waals surface area contributed by atoms with Crippen LogP contribution in [0.5, 0.6) is 11.5 Å². The van der Waals surface area contributed by atoms with Gasteiger partial charge in [0.25, 0.3) is 0 Å². The average Bonchev–Trinajstić information content (AvgIpc) is 3.39. The predicted molar refractivity (Wildman–Crippen MR) is 119 cm³/mol. The van der Waals surface area contributed by atoms with Crippen LogP contribution in [-0.4, -0.2) is 34.7 Å². The first-order valence-corrected chi connectivity index (χ1v) is 11.1. The van der Waals surface area contributed by atoms with Gasteiger partial charge in [0, 0.05) is 23.0 Å². The lowest BCUT2D eigenvalue weighted by Gasteiger charge is -2.22. The second-order valence-electron chi connectivity index (χ2n) is 7.38. The van der Waals surface area contributed by atoms with E-state index in [9.17, 15) is 4.79 Å². The summed E-state index contributed by atoms with van der Waals surface area (Å²) in [5.41, 5.74) is 1.81. The van der Waals surface area contributed by atoms with Gasteiger partial charge in [-0.25, -0.2) is 0 Å². The number of hydrogen-bond acceptors (Lipinski definition) is 6. The van der Waals surface area contributed by atoms with Crippen molar-refractivity contribution in [3.63, 3.8) is 0 Å². The van der Waals surface area contributed by atoms with Gasteiger partial charge >= 0.3 is 0 Å². The molecular weight excluding hydrogens is 462 g/mol. The van der Waals surface area contributed by atoms with Gasteiger partial charge in [-0.05, 0) is 48.7 Å². The number of carbonyl (C=O) groups is 1. The maximum atomic E-state index is 12.5. The molecule has 1 atom stereocenters. The molecule has 31 heavy (non-hydrogen) atoms. The fourth-order valence-corrected chi connectivity index (χ4v) is 4.09. The lowest BCUT2D eigenvalue weighted by Crippen LogP contribution is -2.27. The van der Waals surface area contributed by atoms with E-state index in [0.29, 0.717) is 49.2 Å². The third-order valence-electron chi connectivity index (χ3n) is 5.18. The first kappa shape index (κ1) is 21.4. The van der Waals surface area contributed by atoms with E-state index in [1.807, 2.05) is 42.5 Å². The molecule has 1 aliphatic rings. The molecule has 0 radical (unpaired) electrons.